The van der Waals surface area contributed by atoms with Crippen molar-refractivity contribution < 1.29 is 9.53 Å². The van der Waals surface area contributed by atoms with E-state index in [9.17, 15) is 9.59 Å². The molecule has 0 unspecified atom stereocenters. The monoisotopic (exact) mass is 414 g/mol. The van der Waals surface area contributed by atoms with Gasteiger partial charge in [-0.1, -0.05) is 30.8 Å². The topological polar surface area (TPSA) is 104 Å². The molecule has 0 fully saturated rings. The quantitative estimate of drug-likeness (QED) is 0.561. The number of hydrogen-bond acceptors (Lipinski definition) is 7. The summed E-state index contributed by atoms with van der Waals surface area (Å²) in [6.07, 6.45) is 2.49. The van der Waals surface area contributed by atoms with Crippen LogP contribution in [-0.2, 0) is 30.6 Å². The highest BCUT2D eigenvalue weighted by Gasteiger charge is 2.13. The van der Waals surface area contributed by atoms with Gasteiger partial charge in [-0.2, -0.15) is 0 Å². The van der Waals surface area contributed by atoms with Gasteiger partial charge in [-0.05, 0) is 34.5 Å². The molecule has 0 atom stereocenters. The number of aryl methyl sites for hydroxylation is 2. The van der Waals surface area contributed by atoms with E-state index in [1.54, 1.807) is 22.5 Å². The Hall–Kier alpha value is -3.14. The Morgan fingerprint density at radius 1 is 1.28 bits per heavy atom. The van der Waals surface area contributed by atoms with E-state index in [-0.39, 0.29) is 23.6 Å². The Morgan fingerprint density at radius 2 is 2.03 bits per heavy atom. The predicted molar refractivity (Wildman–Crippen MR) is 110 cm³/mol. The number of tetrazole rings is 1. The molecule has 0 radical (unpaired) electrons. The van der Waals surface area contributed by atoms with Gasteiger partial charge < -0.3 is 14.6 Å². The second kappa shape index (κ2) is 9.37. The molecule has 2 aromatic heterocycles. The normalized spacial score (nSPS) is 10.7. The molecule has 9 nitrogen and oxygen atoms in total. The summed E-state index contributed by atoms with van der Waals surface area (Å²) < 4.78 is 8.37. The molecule has 0 bridgehead atoms. The molecular formula is C19H22N6O3S. The largest absolute Gasteiger partial charge is 0.491 e. The molecule has 1 aromatic carbocycles. The Balaban J connectivity index is 1.77. The second-order valence-electron chi connectivity index (χ2n) is 6.30. The van der Waals surface area contributed by atoms with Crippen molar-refractivity contribution in [2.75, 3.05) is 12.4 Å². The number of anilines is 1. The number of nitrogens with zero attached hydrogens (tertiary/aromatic N) is 5. The molecule has 0 saturated carbocycles. The molecule has 0 aliphatic rings. The van der Waals surface area contributed by atoms with Gasteiger partial charge in [0.15, 0.2) is 5.75 Å². The van der Waals surface area contributed by atoms with Crippen LogP contribution in [-0.4, -0.2) is 37.8 Å². The SMILES string of the molecule is CCc1ccc(NC(=O)Cn2cc(OC)c(=O)cc2CSc2nnnn2C)cc1. The zero-order valence-electron chi connectivity index (χ0n) is 16.5. The third-order valence-corrected chi connectivity index (χ3v) is 5.34. The van der Waals surface area contributed by atoms with Crippen molar-refractivity contribution in [3.05, 3.63) is 58.0 Å². The average molecular weight is 414 g/mol. The Morgan fingerprint density at radius 3 is 2.66 bits per heavy atom. The number of carbonyl (C=O) groups excluding carboxylic acids is 1. The van der Waals surface area contributed by atoms with E-state index < -0.39 is 0 Å². The molecule has 0 aliphatic carbocycles. The number of hydrogen-bond donors (Lipinski definition) is 1. The van der Waals surface area contributed by atoms with Gasteiger partial charge in [-0.25, -0.2) is 4.68 Å². The highest BCUT2D eigenvalue weighted by Crippen LogP contribution is 2.20. The molecular weight excluding hydrogens is 392 g/mol. The highest BCUT2D eigenvalue weighted by molar-refractivity contribution is 7.98. The maximum absolute atomic E-state index is 12.6. The fraction of sp³-hybridized carbons (Fsp3) is 0.316. The van der Waals surface area contributed by atoms with Crippen LogP contribution in [0.15, 0.2) is 46.5 Å². The van der Waals surface area contributed by atoms with E-state index in [2.05, 4.69) is 27.8 Å². The number of pyridine rings is 1. The zero-order valence-corrected chi connectivity index (χ0v) is 17.3. The summed E-state index contributed by atoms with van der Waals surface area (Å²) in [4.78, 5) is 24.8. The number of rotatable bonds is 8. The molecule has 0 spiro atoms. The molecule has 1 N–H and O–H groups in total. The van der Waals surface area contributed by atoms with Gasteiger partial charge in [0.2, 0.25) is 16.5 Å². The van der Waals surface area contributed by atoms with Crippen molar-refractivity contribution in [2.24, 2.45) is 7.05 Å². The van der Waals surface area contributed by atoms with Crippen molar-refractivity contribution in [1.82, 2.24) is 24.8 Å². The van der Waals surface area contributed by atoms with Crippen LogP contribution in [0, 0.1) is 0 Å². The first-order chi connectivity index (χ1) is 14.0. The first-order valence-corrected chi connectivity index (χ1v) is 10.00. The number of carbonyl (C=O) groups is 1. The summed E-state index contributed by atoms with van der Waals surface area (Å²) in [5.74, 6) is 0.400. The maximum atomic E-state index is 12.6. The first-order valence-electron chi connectivity index (χ1n) is 9.01. The predicted octanol–water partition coefficient (Wildman–Crippen LogP) is 1.87. The second-order valence-corrected chi connectivity index (χ2v) is 7.24. The van der Waals surface area contributed by atoms with Crippen LogP contribution in [0.4, 0.5) is 5.69 Å². The summed E-state index contributed by atoms with van der Waals surface area (Å²) in [5.41, 5.74) is 2.35. The summed E-state index contributed by atoms with van der Waals surface area (Å²) in [7, 11) is 3.16. The van der Waals surface area contributed by atoms with Crippen molar-refractivity contribution in [3.63, 3.8) is 0 Å². The average Bonchev–Trinajstić information content (AvgIpc) is 3.13. The van der Waals surface area contributed by atoms with Gasteiger partial charge in [0.25, 0.3) is 0 Å². The van der Waals surface area contributed by atoms with Gasteiger partial charge in [0.05, 0.1) is 13.3 Å². The molecule has 3 aromatic rings. The molecule has 0 saturated heterocycles. The lowest BCUT2D eigenvalue weighted by molar-refractivity contribution is -0.116. The molecule has 10 heteroatoms. The van der Waals surface area contributed by atoms with E-state index in [0.717, 1.165) is 12.1 Å². The molecule has 29 heavy (non-hydrogen) atoms. The fourth-order valence-electron chi connectivity index (χ4n) is 2.68. The van der Waals surface area contributed by atoms with E-state index in [1.165, 1.54) is 30.5 Å². The Bertz CT molecular complexity index is 1040. The van der Waals surface area contributed by atoms with Gasteiger partial charge >= 0.3 is 0 Å². The molecule has 3 rings (SSSR count). The minimum atomic E-state index is -0.244. The lowest BCUT2D eigenvalue weighted by atomic mass is 10.1. The summed E-state index contributed by atoms with van der Waals surface area (Å²) in [5, 5.41) is 14.8. The van der Waals surface area contributed by atoms with E-state index in [0.29, 0.717) is 16.6 Å². The van der Waals surface area contributed by atoms with Gasteiger partial charge in [-0.15, -0.1) is 5.10 Å². The third-order valence-electron chi connectivity index (χ3n) is 4.29. The van der Waals surface area contributed by atoms with Crippen LogP contribution in [0.25, 0.3) is 0 Å². The van der Waals surface area contributed by atoms with Gasteiger partial charge in [-0.3, -0.25) is 9.59 Å². The summed E-state index contributed by atoms with van der Waals surface area (Å²) in [6, 6.07) is 9.18. The van der Waals surface area contributed by atoms with Gasteiger partial charge in [0, 0.05) is 30.2 Å². The maximum Gasteiger partial charge on any atom is 0.244 e. The van der Waals surface area contributed by atoms with E-state index in [1.807, 2.05) is 24.3 Å². The highest BCUT2D eigenvalue weighted by atomic mass is 32.2. The number of aromatic nitrogens is 5. The number of ether oxygens (including phenoxy) is 1. The minimum Gasteiger partial charge on any atom is -0.491 e. The zero-order chi connectivity index (χ0) is 20.8. The number of methoxy groups -OCH3 is 1. The van der Waals surface area contributed by atoms with Crippen molar-refractivity contribution in [1.29, 1.82) is 0 Å². The van der Waals surface area contributed by atoms with Crippen molar-refractivity contribution in [2.45, 2.75) is 30.8 Å². The van der Waals surface area contributed by atoms with E-state index >= 15 is 0 Å². The van der Waals surface area contributed by atoms with Crippen molar-refractivity contribution >= 4 is 23.4 Å². The van der Waals surface area contributed by atoms with Crippen LogP contribution < -0.4 is 15.5 Å². The lowest BCUT2D eigenvalue weighted by Crippen LogP contribution is -2.22. The first kappa shape index (κ1) is 20.6. The fourth-order valence-corrected chi connectivity index (χ4v) is 3.52. The molecule has 0 aliphatic heterocycles. The van der Waals surface area contributed by atoms with Crippen LogP contribution in [0.2, 0.25) is 0 Å². The van der Waals surface area contributed by atoms with Crippen molar-refractivity contribution in [3.8, 4) is 5.75 Å². The standard InChI is InChI=1S/C19H22N6O3S/c1-4-13-5-7-14(8-6-13)20-18(27)11-25-10-17(28-3)16(26)9-15(25)12-29-19-21-22-23-24(19)2/h5-10H,4,11-12H2,1-3H3,(H,20,27). The van der Waals surface area contributed by atoms with Crippen LogP contribution in [0.3, 0.4) is 0 Å². The van der Waals surface area contributed by atoms with Crippen LogP contribution >= 0.6 is 11.8 Å². The number of amides is 1. The smallest absolute Gasteiger partial charge is 0.244 e. The minimum absolute atomic E-state index is 0.0408. The molecule has 2 heterocycles. The number of nitrogens with one attached hydrogen (secondary N) is 1. The third kappa shape index (κ3) is 5.23. The number of thioether (sulfide) groups is 1. The van der Waals surface area contributed by atoms with Crippen LogP contribution in [0.1, 0.15) is 18.2 Å². The van der Waals surface area contributed by atoms with Gasteiger partial charge in [0.1, 0.15) is 6.54 Å². The summed E-state index contributed by atoms with van der Waals surface area (Å²) in [6.45, 7) is 2.12. The lowest BCUT2D eigenvalue weighted by Gasteiger charge is -2.14. The number of benzene rings is 1. The van der Waals surface area contributed by atoms with Crippen LogP contribution in [0.5, 0.6) is 5.75 Å². The van der Waals surface area contributed by atoms with E-state index in [4.69, 9.17) is 4.74 Å². The summed E-state index contributed by atoms with van der Waals surface area (Å²) >= 11 is 1.37. The molecule has 152 valence electrons. The Labute approximate surface area is 172 Å². The Kier molecular flexibility index (Phi) is 6.65. The molecule has 1 amide bonds.